The van der Waals surface area contributed by atoms with E-state index in [0.29, 0.717) is 11.3 Å². The number of benzene rings is 1. The lowest BCUT2D eigenvalue weighted by Gasteiger charge is -2.20. The first-order valence-electron chi connectivity index (χ1n) is 10.8. The number of amides is 1. The number of aromatic nitrogens is 2. The van der Waals surface area contributed by atoms with Gasteiger partial charge in [0.05, 0.1) is 18.4 Å². The maximum atomic E-state index is 13.6. The van der Waals surface area contributed by atoms with Crippen LogP contribution in [0.25, 0.3) is 28.0 Å². The number of carbonyl (C=O) groups excluding carboxylic acids is 1. The number of pyridine rings is 1. The molecule has 1 aromatic carbocycles. The average molecular weight is 431 g/mol. The van der Waals surface area contributed by atoms with E-state index < -0.39 is 0 Å². The van der Waals surface area contributed by atoms with Gasteiger partial charge in [0, 0.05) is 31.3 Å². The minimum Gasteiger partial charge on any atom is -0.497 e. The molecular weight excluding hydrogens is 404 g/mol. The molecule has 0 aliphatic carbocycles. The third-order valence-corrected chi connectivity index (χ3v) is 6.08. The SMILES string of the molecule is COc1cccc(-c2ccc3cc(C(=O)N4CCCN(C)CC4)c(-c4cocn4)n3c2)c1. The Morgan fingerprint density at radius 1 is 1.06 bits per heavy atom. The molecule has 1 amide bonds. The lowest BCUT2D eigenvalue weighted by Crippen LogP contribution is -2.34. The Kier molecular flexibility index (Phi) is 5.41. The molecule has 0 unspecified atom stereocenters. The van der Waals surface area contributed by atoms with Gasteiger partial charge in [-0.05, 0) is 55.4 Å². The topological polar surface area (TPSA) is 63.2 Å². The van der Waals surface area contributed by atoms with Crippen LogP contribution in [-0.4, -0.2) is 65.4 Å². The van der Waals surface area contributed by atoms with Crippen molar-refractivity contribution in [3.63, 3.8) is 0 Å². The van der Waals surface area contributed by atoms with Crippen LogP contribution in [-0.2, 0) is 0 Å². The third kappa shape index (κ3) is 3.76. The summed E-state index contributed by atoms with van der Waals surface area (Å²) in [6.45, 7) is 3.34. The normalized spacial score (nSPS) is 15.1. The van der Waals surface area contributed by atoms with Gasteiger partial charge in [-0.15, -0.1) is 0 Å². The number of methoxy groups -OCH3 is 1. The number of carbonyl (C=O) groups is 1. The summed E-state index contributed by atoms with van der Waals surface area (Å²) in [6, 6.07) is 14.0. The Morgan fingerprint density at radius 2 is 1.97 bits per heavy atom. The highest BCUT2D eigenvalue weighted by atomic mass is 16.5. The minimum atomic E-state index is 0.0323. The molecule has 1 fully saturated rings. The van der Waals surface area contributed by atoms with Gasteiger partial charge < -0.3 is 23.4 Å². The molecule has 1 aliphatic rings. The Labute approximate surface area is 186 Å². The van der Waals surface area contributed by atoms with Gasteiger partial charge in [0.15, 0.2) is 6.39 Å². The van der Waals surface area contributed by atoms with Crippen LogP contribution in [0.15, 0.2) is 65.7 Å². The molecule has 0 radical (unpaired) electrons. The monoisotopic (exact) mass is 430 g/mol. The molecule has 4 heterocycles. The number of rotatable bonds is 4. The fourth-order valence-electron chi connectivity index (χ4n) is 4.32. The van der Waals surface area contributed by atoms with Crippen LogP contribution in [0.1, 0.15) is 16.8 Å². The lowest BCUT2D eigenvalue weighted by molar-refractivity contribution is 0.0763. The molecule has 0 bridgehead atoms. The lowest BCUT2D eigenvalue weighted by atomic mass is 10.1. The van der Waals surface area contributed by atoms with Gasteiger partial charge in [-0.2, -0.15) is 0 Å². The third-order valence-electron chi connectivity index (χ3n) is 6.08. The van der Waals surface area contributed by atoms with Crippen LogP contribution < -0.4 is 4.74 Å². The van der Waals surface area contributed by atoms with E-state index in [9.17, 15) is 4.79 Å². The Bertz CT molecular complexity index is 1250. The van der Waals surface area contributed by atoms with Crippen molar-refractivity contribution in [2.75, 3.05) is 40.3 Å². The molecule has 0 saturated carbocycles. The molecule has 5 rings (SSSR count). The van der Waals surface area contributed by atoms with Gasteiger partial charge in [-0.1, -0.05) is 18.2 Å². The molecule has 32 heavy (non-hydrogen) atoms. The standard InChI is InChI=1S/C25H26N4O3/c1-27-9-4-10-28(12-11-27)25(30)22-14-20-8-7-19(18-5-3-6-21(13-18)31-2)15-29(20)24(22)23-16-32-17-26-23/h3,5-8,13-17H,4,9-12H2,1-2H3. The van der Waals surface area contributed by atoms with Gasteiger partial charge in [-0.25, -0.2) is 4.98 Å². The van der Waals surface area contributed by atoms with Crippen molar-refractivity contribution in [1.29, 1.82) is 0 Å². The summed E-state index contributed by atoms with van der Waals surface area (Å²) in [5, 5.41) is 0. The maximum absolute atomic E-state index is 13.6. The molecule has 4 aromatic rings. The number of nitrogens with zero attached hydrogens (tertiary/aromatic N) is 4. The van der Waals surface area contributed by atoms with E-state index in [4.69, 9.17) is 9.15 Å². The zero-order valence-corrected chi connectivity index (χ0v) is 18.3. The van der Waals surface area contributed by atoms with Crippen molar-refractivity contribution in [2.24, 2.45) is 0 Å². The first-order valence-corrected chi connectivity index (χ1v) is 10.8. The number of oxazole rings is 1. The summed E-state index contributed by atoms with van der Waals surface area (Å²) in [5.74, 6) is 0.832. The fourth-order valence-corrected chi connectivity index (χ4v) is 4.32. The van der Waals surface area contributed by atoms with Crippen LogP contribution >= 0.6 is 0 Å². The van der Waals surface area contributed by atoms with Crippen LogP contribution in [0.4, 0.5) is 0 Å². The van der Waals surface area contributed by atoms with Gasteiger partial charge >= 0.3 is 0 Å². The Hall–Kier alpha value is -3.58. The number of likely N-dealkylation sites (N-methyl/N-ethyl adjacent to an activating group) is 1. The minimum absolute atomic E-state index is 0.0323. The maximum Gasteiger partial charge on any atom is 0.256 e. The van der Waals surface area contributed by atoms with Crippen molar-refractivity contribution in [2.45, 2.75) is 6.42 Å². The highest BCUT2D eigenvalue weighted by Gasteiger charge is 2.26. The number of ether oxygens (including phenoxy) is 1. The smallest absolute Gasteiger partial charge is 0.256 e. The molecule has 164 valence electrons. The second-order valence-corrected chi connectivity index (χ2v) is 8.17. The summed E-state index contributed by atoms with van der Waals surface area (Å²) in [4.78, 5) is 22.2. The Morgan fingerprint density at radius 3 is 2.78 bits per heavy atom. The number of fused-ring (bicyclic) bond motifs is 1. The Balaban J connectivity index is 1.62. The van der Waals surface area contributed by atoms with Crippen LogP contribution in [0.3, 0.4) is 0 Å². The molecule has 0 atom stereocenters. The highest BCUT2D eigenvalue weighted by molar-refractivity contribution is 6.02. The van der Waals surface area contributed by atoms with Crippen molar-refractivity contribution in [1.82, 2.24) is 19.2 Å². The second kappa shape index (κ2) is 8.51. The van der Waals surface area contributed by atoms with Gasteiger partial charge in [0.25, 0.3) is 5.91 Å². The molecular formula is C25H26N4O3. The number of hydrogen-bond donors (Lipinski definition) is 0. The van der Waals surface area contributed by atoms with E-state index in [-0.39, 0.29) is 5.91 Å². The molecule has 0 spiro atoms. The van der Waals surface area contributed by atoms with Crippen molar-refractivity contribution in [3.8, 4) is 28.3 Å². The first kappa shape index (κ1) is 20.3. The van der Waals surface area contributed by atoms with Crippen LogP contribution in [0.2, 0.25) is 0 Å². The average Bonchev–Trinajstić information content (AvgIpc) is 3.42. The largest absolute Gasteiger partial charge is 0.497 e. The summed E-state index contributed by atoms with van der Waals surface area (Å²) in [7, 11) is 3.76. The van der Waals surface area contributed by atoms with Gasteiger partial charge in [0.1, 0.15) is 17.7 Å². The molecule has 7 heteroatoms. The summed E-state index contributed by atoms with van der Waals surface area (Å²) in [6.07, 6.45) is 6.00. The van der Waals surface area contributed by atoms with Gasteiger partial charge in [0.2, 0.25) is 0 Å². The van der Waals surface area contributed by atoms with E-state index >= 15 is 0 Å². The molecule has 0 N–H and O–H groups in total. The van der Waals surface area contributed by atoms with E-state index in [0.717, 1.165) is 60.7 Å². The van der Waals surface area contributed by atoms with E-state index in [1.54, 1.807) is 13.4 Å². The quantitative estimate of drug-likeness (QED) is 0.489. The zero-order chi connectivity index (χ0) is 22.1. The van der Waals surface area contributed by atoms with Crippen LogP contribution in [0, 0.1) is 0 Å². The number of hydrogen-bond acceptors (Lipinski definition) is 5. The van der Waals surface area contributed by atoms with Crippen molar-refractivity contribution >= 4 is 11.4 Å². The summed E-state index contributed by atoms with van der Waals surface area (Å²) in [5.41, 5.74) is 5.03. The molecule has 3 aromatic heterocycles. The van der Waals surface area contributed by atoms with Gasteiger partial charge in [-0.3, -0.25) is 4.79 Å². The molecule has 1 saturated heterocycles. The molecule has 1 aliphatic heterocycles. The van der Waals surface area contributed by atoms with Crippen LogP contribution in [0.5, 0.6) is 5.75 Å². The predicted molar refractivity (Wildman–Crippen MR) is 123 cm³/mol. The van der Waals surface area contributed by atoms with E-state index in [2.05, 4.69) is 23.0 Å². The summed E-state index contributed by atoms with van der Waals surface area (Å²) >= 11 is 0. The summed E-state index contributed by atoms with van der Waals surface area (Å²) < 4.78 is 12.7. The highest BCUT2D eigenvalue weighted by Crippen LogP contribution is 2.31. The van der Waals surface area contributed by atoms with Crippen molar-refractivity contribution in [3.05, 3.63) is 66.9 Å². The predicted octanol–water partition coefficient (Wildman–Crippen LogP) is 4.05. The molecule has 7 nitrogen and oxygen atoms in total. The zero-order valence-electron chi connectivity index (χ0n) is 18.3. The van der Waals surface area contributed by atoms with E-state index in [1.165, 1.54) is 6.39 Å². The fraction of sp³-hybridized carbons (Fsp3) is 0.280. The second-order valence-electron chi connectivity index (χ2n) is 8.17. The first-order chi connectivity index (χ1) is 15.6. The van der Waals surface area contributed by atoms with Crippen molar-refractivity contribution < 1.29 is 13.9 Å². The van der Waals surface area contributed by atoms with E-state index in [1.807, 2.05) is 51.9 Å².